The van der Waals surface area contributed by atoms with E-state index in [1.54, 1.807) is 0 Å². The normalized spacial score (nSPS) is 14.6. The number of nitro benzene ring substituents is 1. The maximum absolute atomic E-state index is 12.4. The van der Waals surface area contributed by atoms with Gasteiger partial charge in [-0.3, -0.25) is 10.1 Å². The molecule has 1 aromatic carbocycles. The summed E-state index contributed by atoms with van der Waals surface area (Å²) in [5.74, 6) is 0.0244. The second-order valence-corrected chi connectivity index (χ2v) is 7.53. The summed E-state index contributed by atoms with van der Waals surface area (Å²) in [7, 11) is -3.90. The van der Waals surface area contributed by atoms with E-state index in [2.05, 4.69) is 30.7 Å². The van der Waals surface area contributed by atoms with Crippen LogP contribution in [0.3, 0.4) is 0 Å². The molecule has 1 aromatic heterocycles. The molecule has 0 saturated heterocycles. The largest absolute Gasteiger partial charge is 0.360 e. The maximum Gasteiger partial charge on any atom is 0.275 e. The van der Waals surface area contributed by atoms with Crippen molar-refractivity contribution in [1.29, 1.82) is 5.26 Å². The van der Waals surface area contributed by atoms with Gasteiger partial charge in [-0.1, -0.05) is 0 Å². The van der Waals surface area contributed by atoms with E-state index >= 15 is 0 Å². The predicted octanol–water partition coefficient (Wildman–Crippen LogP) is 0.834. The summed E-state index contributed by atoms with van der Waals surface area (Å²) in [5.41, 5.74) is 0.0291. The van der Waals surface area contributed by atoms with Gasteiger partial charge in [0, 0.05) is 24.0 Å². The van der Waals surface area contributed by atoms with Gasteiger partial charge in [-0.15, -0.1) is 10.2 Å². The number of allylic oxidation sites excluding steroid dienone is 1. The number of H-pyrrole nitrogens is 1. The Morgan fingerprint density at radius 3 is 2.78 bits per heavy atom. The first-order valence-corrected chi connectivity index (χ1v) is 9.22. The number of nitro groups is 1. The predicted molar refractivity (Wildman–Crippen MR) is 92.6 cm³/mol. The molecule has 1 aliphatic rings. The van der Waals surface area contributed by atoms with Crippen LogP contribution in [0.5, 0.6) is 0 Å². The molecule has 13 heteroatoms. The number of aromatic amines is 1. The number of nitrogens with zero attached hydrogens (tertiary/aromatic N) is 5. The van der Waals surface area contributed by atoms with Crippen molar-refractivity contribution >= 4 is 27.0 Å². The lowest BCUT2D eigenvalue weighted by Gasteiger charge is -2.11. The van der Waals surface area contributed by atoms with Crippen LogP contribution < -0.4 is 10.0 Å². The molecule has 0 spiro atoms. The molecule has 140 valence electrons. The number of rotatable bonds is 7. The fraction of sp³-hybridized carbons (Fsp3) is 0.286. The summed E-state index contributed by atoms with van der Waals surface area (Å²) in [4.78, 5) is 10.4. The summed E-state index contributed by atoms with van der Waals surface area (Å²) >= 11 is 0. The zero-order valence-corrected chi connectivity index (χ0v) is 14.8. The van der Waals surface area contributed by atoms with Gasteiger partial charge in [-0.05, 0) is 31.0 Å². The maximum atomic E-state index is 12.4. The van der Waals surface area contributed by atoms with Crippen LogP contribution in [0.2, 0.25) is 0 Å². The molecule has 0 unspecified atom stereocenters. The zero-order valence-electron chi connectivity index (χ0n) is 14.0. The molecule has 0 amide bonds. The minimum atomic E-state index is -3.90. The van der Waals surface area contributed by atoms with Crippen molar-refractivity contribution in [1.82, 2.24) is 25.3 Å². The topological polar surface area (TPSA) is 180 Å². The van der Waals surface area contributed by atoms with E-state index in [4.69, 9.17) is 0 Å². The Kier molecular flexibility index (Phi) is 4.84. The molecule has 3 N–H and O–H groups in total. The third-order valence-corrected chi connectivity index (χ3v) is 5.34. The monoisotopic (exact) mass is 390 g/mol. The van der Waals surface area contributed by atoms with E-state index in [0.29, 0.717) is 0 Å². The Hall–Kier alpha value is -3.37. The van der Waals surface area contributed by atoms with Crippen LogP contribution in [-0.4, -0.2) is 40.0 Å². The molecule has 0 radical (unpaired) electrons. The Labute approximate surface area is 153 Å². The van der Waals surface area contributed by atoms with Crippen LogP contribution in [0.15, 0.2) is 23.2 Å². The Bertz CT molecular complexity index is 1050. The lowest BCUT2D eigenvalue weighted by atomic mass is 10.1. The van der Waals surface area contributed by atoms with Crippen molar-refractivity contribution in [3.05, 3.63) is 39.8 Å². The van der Waals surface area contributed by atoms with Gasteiger partial charge in [0.15, 0.2) is 0 Å². The van der Waals surface area contributed by atoms with E-state index in [1.807, 2.05) is 6.07 Å². The van der Waals surface area contributed by atoms with Crippen LogP contribution in [0.1, 0.15) is 24.2 Å². The summed E-state index contributed by atoms with van der Waals surface area (Å²) in [6, 6.07) is 4.00. The van der Waals surface area contributed by atoms with Gasteiger partial charge in [0.1, 0.15) is 11.6 Å². The molecule has 12 nitrogen and oxygen atoms in total. The van der Waals surface area contributed by atoms with Gasteiger partial charge in [0.2, 0.25) is 15.8 Å². The third kappa shape index (κ3) is 4.07. The average molecular weight is 390 g/mol. The minimum absolute atomic E-state index is 0.00942. The summed E-state index contributed by atoms with van der Waals surface area (Å²) < 4.78 is 27.4. The first kappa shape index (κ1) is 18.4. The van der Waals surface area contributed by atoms with Gasteiger partial charge in [-0.2, -0.15) is 10.5 Å². The Morgan fingerprint density at radius 1 is 1.48 bits per heavy atom. The molecule has 2 aromatic rings. The highest BCUT2D eigenvalue weighted by atomic mass is 32.2. The lowest BCUT2D eigenvalue weighted by molar-refractivity contribution is -0.385. The number of aromatic nitrogens is 4. The van der Waals surface area contributed by atoms with Crippen molar-refractivity contribution in [3.8, 4) is 6.07 Å². The second kappa shape index (κ2) is 7.09. The molecule has 3 rings (SSSR count). The number of nitriles is 1. The van der Waals surface area contributed by atoms with Gasteiger partial charge in [0.05, 0.1) is 15.4 Å². The molecule has 1 aliphatic carbocycles. The third-order valence-electron chi connectivity index (χ3n) is 3.84. The molecule has 0 bridgehead atoms. The van der Waals surface area contributed by atoms with Crippen LogP contribution >= 0.6 is 0 Å². The molecular formula is C14H14N8O4S. The SMILES string of the molecule is Cc1c(NC=C(C#N)c2nn[nH]n2)cc(S(=O)(=O)NC2CC2)cc1[N+](=O)[O-]. The van der Waals surface area contributed by atoms with Crippen molar-refractivity contribution in [2.24, 2.45) is 0 Å². The summed E-state index contributed by atoms with van der Waals surface area (Å²) in [6.45, 7) is 1.47. The molecule has 1 heterocycles. The van der Waals surface area contributed by atoms with Gasteiger partial charge >= 0.3 is 0 Å². The number of hydrogen-bond donors (Lipinski definition) is 3. The molecule has 27 heavy (non-hydrogen) atoms. The first-order valence-electron chi connectivity index (χ1n) is 7.74. The number of tetrazole rings is 1. The number of nitrogens with one attached hydrogen (secondary N) is 3. The summed E-state index contributed by atoms with van der Waals surface area (Å²) in [6.07, 6.45) is 2.69. The molecule has 1 fully saturated rings. The number of anilines is 1. The van der Waals surface area contributed by atoms with Gasteiger partial charge in [0.25, 0.3) is 5.69 Å². The van der Waals surface area contributed by atoms with E-state index in [-0.39, 0.29) is 39.3 Å². The number of hydrogen-bond acceptors (Lipinski definition) is 9. The van der Waals surface area contributed by atoms with Crippen molar-refractivity contribution in [2.45, 2.75) is 30.7 Å². The quantitative estimate of drug-likeness (QED) is 0.350. The molecule has 1 saturated carbocycles. The van der Waals surface area contributed by atoms with Crippen molar-refractivity contribution < 1.29 is 13.3 Å². The van der Waals surface area contributed by atoms with E-state index in [9.17, 15) is 23.8 Å². The van der Waals surface area contributed by atoms with Crippen LogP contribution in [0.4, 0.5) is 11.4 Å². The molecule has 0 atom stereocenters. The van der Waals surface area contributed by atoms with Crippen molar-refractivity contribution in [2.75, 3.05) is 5.32 Å². The first-order chi connectivity index (χ1) is 12.8. The molecular weight excluding hydrogens is 376 g/mol. The van der Waals surface area contributed by atoms with Crippen LogP contribution in [0.25, 0.3) is 5.57 Å². The standard InChI is InChI=1S/C14H14N8O4S/c1-8-12(16-7-9(6-15)14-17-20-21-18-14)4-11(5-13(8)22(23)24)27(25,26)19-10-2-3-10/h4-5,7,10,16,19H,2-3H2,1H3,(H,17,18,20,21). The highest BCUT2D eigenvalue weighted by Crippen LogP contribution is 2.31. The Morgan fingerprint density at radius 2 is 2.22 bits per heavy atom. The Balaban J connectivity index is 2.01. The average Bonchev–Trinajstić information content (AvgIpc) is 3.24. The number of sulfonamides is 1. The van der Waals surface area contributed by atoms with Crippen LogP contribution in [0, 0.1) is 28.4 Å². The highest BCUT2D eigenvalue weighted by molar-refractivity contribution is 7.89. The fourth-order valence-electron chi connectivity index (χ4n) is 2.23. The minimum Gasteiger partial charge on any atom is -0.360 e. The van der Waals surface area contributed by atoms with E-state index in [0.717, 1.165) is 18.9 Å². The molecule has 0 aliphatic heterocycles. The van der Waals surface area contributed by atoms with E-state index in [1.165, 1.54) is 19.2 Å². The smallest absolute Gasteiger partial charge is 0.275 e. The fourth-order valence-corrected chi connectivity index (χ4v) is 3.58. The van der Waals surface area contributed by atoms with E-state index < -0.39 is 14.9 Å². The highest BCUT2D eigenvalue weighted by Gasteiger charge is 2.30. The lowest BCUT2D eigenvalue weighted by Crippen LogP contribution is -2.26. The van der Waals surface area contributed by atoms with Gasteiger partial charge < -0.3 is 5.32 Å². The van der Waals surface area contributed by atoms with Crippen LogP contribution in [-0.2, 0) is 10.0 Å². The zero-order chi connectivity index (χ0) is 19.6. The van der Waals surface area contributed by atoms with Gasteiger partial charge in [-0.25, -0.2) is 13.1 Å². The summed E-state index contributed by atoms with van der Waals surface area (Å²) in [5, 5.41) is 36.1. The van der Waals surface area contributed by atoms with Crippen molar-refractivity contribution in [3.63, 3.8) is 0 Å². The number of benzene rings is 1. The second-order valence-electron chi connectivity index (χ2n) is 5.82.